The number of hydrogen-bond donors (Lipinski definition) is 1. The number of piperidine rings is 1. The maximum atomic E-state index is 12.3. The SMILES string of the molecule is C[C@@H]1CCC[C@@H](C)N1C(=O)COc1nc[nH]c(=O)c1[N+](=O)[O-]. The molecule has 1 aliphatic heterocycles. The fourth-order valence-electron chi connectivity index (χ4n) is 2.76. The molecular weight excluding hydrogens is 292 g/mol. The Morgan fingerprint density at radius 2 is 2.14 bits per heavy atom. The molecule has 22 heavy (non-hydrogen) atoms. The summed E-state index contributed by atoms with van der Waals surface area (Å²) >= 11 is 0. The van der Waals surface area contributed by atoms with E-state index in [1.54, 1.807) is 4.90 Å². The summed E-state index contributed by atoms with van der Waals surface area (Å²) < 4.78 is 5.13. The summed E-state index contributed by atoms with van der Waals surface area (Å²) in [6.07, 6.45) is 3.90. The predicted molar refractivity (Wildman–Crippen MR) is 76.6 cm³/mol. The number of nitrogens with one attached hydrogen (secondary N) is 1. The average Bonchev–Trinajstić information content (AvgIpc) is 2.44. The fourth-order valence-corrected chi connectivity index (χ4v) is 2.76. The van der Waals surface area contributed by atoms with Crippen molar-refractivity contribution in [3.8, 4) is 5.88 Å². The number of hydrogen-bond acceptors (Lipinski definition) is 6. The summed E-state index contributed by atoms with van der Waals surface area (Å²) in [5, 5.41) is 10.9. The van der Waals surface area contributed by atoms with E-state index < -0.39 is 22.0 Å². The minimum atomic E-state index is -0.915. The van der Waals surface area contributed by atoms with E-state index in [0.29, 0.717) is 0 Å². The normalized spacial score (nSPS) is 21.5. The highest BCUT2D eigenvalue weighted by Crippen LogP contribution is 2.23. The smallest absolute Gasteiger partial charge is 0.395 e. The van der Waals surface area contributed by atoms with Gasteiger partial charge in [-0.1, -0.05) is 0 Å². The molecule has 2 rings (SSSR count). The lowest BCUT2D eigenvalue weighted by Crippen LogP contribution is -2.49. The molecule has 120 valence electrons. The first-order chi connectivity index (χ1) is 10.4. The molecule has 0 bridgehead atoms. The van der Waals surface area contributed by atoms with Crippen LogP contribution in [0.2, 0.25) is 0 Å². The van der Waals surface area contributed by atoms with Crippen LogP contribution in [0.3, 0.4) is 0 Å². The summed E-state index contributed by atoms with van der Waals surface area (Å²) in [7, 11) is 0. The van der Waals surface area contributed by atoms with Gasteiger partial charge in [0.05, 0.1) is 11.3 Å². The van der Waals surface area contributed by atoms with Crippen LogP contribution >= 0.6 is 0 Å². The Morgan fingerprint density at radius 1 is 1.50 bits per heavy atom. The largest absolute Gasteiger partial charge is 0.463 e. The maximum Gasteiger partial charge on any atom is 0.395 e. The molecular formula is C13H18N4O5. The van der Waals surface area contributed by atoms with E-state index in [1.165, 1.54) is 0 Å². The molecule has 1 aromatic heterocycles. The number of carbonyl (C=O) groups excluding carboxylic acids is 1. The quantitative estimate of drug-likeness (QED) is 0.650. The number of carbonyl (C=O) groups is 1. The third-order valence-electron chi connectivity index (χ3n) is 3.79. The highest BCUT2D eigenvalue weighted by atomic mass is 16.6. The van der Waals surface area contributed by atoms with Crippen molar-refractivity contribution in [3.63, 3.8) is 0 Å². The van der Waals surface area contributed by atoms with Crippen LogP contribution in [0.1, 0.15) is 33.1 Å². The van der Waals surface area contributed by atoms with E-state index in [-0.39, 0.29) is 24.6 Å². The Labute approximate surface area is 126 Å². The molecule has 2 atom stereocenters. The van der Waals surface area contributed by atoms with Gasteiger partial charge in [-0.2, -0.15) is 4.98 Å². The van der Waals surface area contributed by atoms with Crippen LogP contribution in [0.15, 0.2) is 11.1 Å². The van der Waals surface area contributed by atoms with Crippen molar-refractivity contribution in [2.75, 3.05) is 6.61 Å². The number of ether oxygens (including phenoxy) is 1. The van der Waals surface area contributed by atoms with E-state index in [1.807, 2.05) is 13.8 Å². The van der Waals surface area contributed by atoms with E-state index >= 15 is 0 Å². The van der Waals surface area contributed by atoms with E-state index in [0.717, 1.165) is 25.6 Å². The second kappa shape index (κ2) is 6.54. The topological polar surface area (TPSA) is 118 Å². The minimum Gasteiger partial charge on any atom is -0.463 e. The van der Waals surface area contributed by atoms with Crippen molar-refractivity contribution in [2.24, 2.45) is 0 Å². The van der Waals surface area contributed by atoms with Crippen LogP contribution in [-0.4, -0.2) is 44.4 Å². The van der Waals surface area contributed by atoms with Crippen LogP contribution in [0.4, 0.5) is 5.69 Å². The number of amides is 1. The van der Waals surface area contributed by atoms with Gasteiger partial charge in [0.1, 0.15) is 0 Å². The molecule has 1 fully saturated rings. The van der Waals surface area contributed by atoms with Crippen molar-refractivity contribution in [1.82, 2.24) is 14.9 Å². The lowest BCUT2D eigenvalue weighted by atomic mass is 9.97. The number of aromatic amines is 1. The molecule has 0 aliphatic carbocycles. The van der Waals surface area contributed by atoms with Crippen LogP contribution < -0.4 is 10.3 Å². The molecule has 1 amide bonds. The molecule has 0 aromatic carbocycles. The first-order valence-electron chi connectivity index (χ1n) is 7.08. The summed E-state index contributed by atoms with van der Waals surface area (Å²) in [5.41, 5.74) is -1.71. The summed E-state index contributed by atoms with van der Waals surface area (Å²) in [5.74, 6) is -0.713. The van der Waals surface area contributed by atoms with Crippen LogP contribution in [-0.2, 0) is 4.79 Å². The maximum absolute atomic E-state index is 12.3. The predicted octanol–water partition coefficient (Wildman–Crippen LogP) is 0.846. The van der Waals surface area contributed by atoms with Crippen molar-refractivity contribution in [3.05, 3.63) is 26.8 Å². The monoisotopic (exact) mass is 310 g/mol. The summed E-state index contributed by atoms with van der Waals surface area (Å²) in [6.45, 7) is 3.54. The van der Waals surface area contributed by atoms with Crippen molar-refractivity contribution >= 4 is 11.6 Å². The third-order valence-corrected chi connectivity index (χ3v) is 3.79. The summed E-state index contributed by atoms with van der Waals surface area (Å²) in [6, 6.07) is 0.198. The summed E-state index contributed by atoms with van der Waals surface area (Å²) in [4.78, 5) is 41.1. The molecule has 0 unspecified atom stereocenters. The Hall–Kier alpha value is -2.45. The van der Waals surface area contributed by atoms with Crippen molar-refractivity contribution < 1.29 is 14.5 Å². The van der Waals surface area contributed by atoms with Crippen molar-refractivity contribution in [2.45, 2.75) is 45.2 Å². The molecule has 9 heteroatoms. The van der Waals surface area contributed by atoms with Gasteiger partial charge in [0.2, 0.25) is 0 Å². The van der Waals surface area contributed by atoms with Gasteiger partial charge in [0.15, 0.2) is 6.61 Å². The van der Waals surface area contributed by atoms with Gasteiger partial charge in [-0.15, -0.1) is 0 Å². The van der Waals surface area contributed by atoms with Gasteiger partial charge in [-0.25, -0.2) is 0 Å². The number of aromatic nitrogens is 2. The molecule has 0 saturated carbocycles. The Kier molecular flexibility index (Phi) is 4.74. The molecule has 1 N–H and O–H groups in total. The molecule has 1 saturated heterocycles. The molecule has 0 radical (unpaired) electrons. The van der Waals surface area contributed by atoms with E-state index in [9.17, 15) is 19.7 Å². The molecule has 0 spiro atoms. The molecule has 9 nitrogen and oxygen atoms in total. The first-order valence-corrected chi connectivity index (χ1v) is 7.08. The first kappa shape index (κ1) is 15.9. The van der Waals surface area contributed by atoms with E-state index in [2.05, 4.69) is 9.97 Å². The number of likely N-dealkylation sites (tertiary alicyclic amines) is 1. The van der Waals surface area contributed by atoms with Crippen LogP contribution in [0.5, 0.6) is 5.88 Å². The zero-order chi connectivity index (χ0) is 16.3. The number of rotatable bonds is 4. The van der Waals surface area contributed by atoms with Crippen LogP contribution in [0.25, 0.3) is 0 Å². The zero-order valence-corrected chi connectivity index (χ0v) is 12.4. The number of H-pyrrole nitrogens is 1. The van der Waals surface area contributed by atoms with Gasteiger partial charge in [-0.3, -0.25) is 19.7 Å². The van der Waals surface area contributed by atoms with Gasteiger partial charge in [0, 0.05) is 12.1 Å². The molecule has 1 aromatic rings. The van der Waals surface area contributed by atoms with Gasteiger partial charge >= 0.3 is 17.1 Å². The number of nitro groups is 1. The minimum absolute atomic E-state index is 0.0990. The third kappa shape index (κ3) is 3.23. The highest BCUT2D eigenvalue weighted by molar-refractivity contribution is 5.78. The Balaban J connectivity index is 2.10. The fraction of sp³-hybridized carbons (Fsp3) is 0.615. The molecule has 2 heterocycles. The van der Waals surface area contributed by atoms with Gasteiger partial charge < -0.3 is 14.6 Å². The highest BCUT2D eigenvalue weighted by Gasteiger charge is 2.30. The second-order valence-electron chi connectivity index (χ2n) is 5.36. The average molecular weight is 310 g/mol. The zero-order valence-electron chi connectivity index (χ0n) is 12.4. The molecule has 1 aliphatic rings. The lowest BCUT2D eigenvalue weighted by Gasteiger charge is -2.38. The Morgan fingerprint density at radius 3 is 2.73 bits per heavy atom. The van der Waals surface area contributed by atoms with E-state index in [4.69, 9.17) is 4.74 Å². The van der Waals surface area contributed by atoms with Gasteiger partial charge in [0.25, 0.3) is 5.91 Å². The second-order valence-corrected chi connectivity index (χ2v) is 5.36. The number of nitrogens with zero attached hydrogens (tertiary/aromatic N) is 3. The van der Waals surface area contributed by atoms with Crippen molar-refractivity contribution in [1.29, 1.82) is 0 Å². The Bertz CT molecular complexity index is 619. The van der Waals surface area contributed by atoms with Crippen LogP contribution in [0, 0.1) is 10.1 Å². The standard InChI is InChI=1S/C13H18N4O5/c1-8-4-3-5-9(2)16(8)10(18)6-22-13-11(17(20)21)12(19)14-7-15-13/h7-9H,3-6H2,1-2H3,(H,14,15,19)/t8-,9-/m1/s1. The van der Waals surface area contributed by atoms with Gasteiger partial charge in [-0.05, 0) is 33.1 Å². The lowest BCUT2D eigenvalue weighted by molar-refractivity contribution is -0.387.